The average Bonchev–Trinajstić information content (AvgIpc) is 2.89. The van der Waals surface area contributed by atoms with Crippen LogP contribution in [0.4, 0.5) is 4.39 Å². The lowest BCUT2D eigenvalue weighted by atomic mass is 10.0. The van der Waals surface area contributed by atoms with Gasteiger partial charge in [0, 0.05) is 12.7 Å². The molecule has 1 saturated heterocycles. The number of likely N-dealkylation sites (tertiary alicyclic amines) is 1. The number of amides is 1. The summed E-state index contributed by atoms with van der Waals surface area (Å²) in [5.74, 6) is -0.238. The van der Waals surface area contributed by atoms with Crippen LogP contribution >= 0.6 is 0 Å². The van der Waals surface area contributed by atoms with E-state index in [9.17, 15) is 14.0 Å². The van der Waals surface area contributed by atoms with Gasteiger partial charge in [0.05, 0.1) is 13.2 Å². The van der Waals surface area contributed by atoms with Crippen molar-refractivity contribution in [3.63, 3.8) is 0 Å². The van der Waals surface area contributed by atoms with Crippen molar-refractivity contribution in [1.29, 1.82) is 0 Å². The molecule has 138 valence electrons. The molecular formula is C20H23FN2O3. The summed E-state index contributed by atoms with van der Waals surface area (Å²) in [6.45, 7) is 0.556. The highest BCUT2D eigenvalue weighted by atomic mass is 19.1. The molecule has 1 fully saturated rings. The van der Waals surface area contributed by atoms with E-state index < -0.39 is 0 Å². The Hall–Kier alpha value is -2.63. The highest BCUT2D eigenvalue weighted by molar-refractivity contribution is 5.76. The first-order valence-corrected chi connectivity index (χ1v) is 8.88. The predicted octanol–water partition coefficient (Wildman–Crippen LogP) is 3.14. The molecule has 1 aliphatic rings. The van der Waals surface area contributed by atoms with Gasteiger partial charge in [-0.3, -0.25) is 9.59 Å². The Morgan fingerprint density at radius 3 is 2.85 bits per heavy atom. The van der Waals surface area contributed by atoms with Crippen molar-refractivity contribution in [1.82, 2.24) is 9.47 Å². The van der Waals surface area contributed by atoms with Gasteiger partial charge in [-0.15, -0.1) is 0 Å². The maximum atomic E-state index is 13.7. The van der Waals surface area contributed by atoms with E-state index in [1.165, 1.54) is 23.8 Å². The third kappa shape index (κ3) is 3.95. The first kappa shape index (κ1) is 18.2. The van der Waals surface area contributed by atoms with Gasteiger partial charge in [-0.2, -0.15) is 0 Å². The summed E-state index contributed by atoms with van der Waals surface area (Å²) in [7, 11) is 1.43. The molecule has 1 atom stereocenters. The van der Waals surface area contributed by atoms with Crippen molar-refractivity contribution in [2.75, 3.05) is 13.7 Å². The number of ether oxygens (including phenoxy) is 1. The SMILES string of the molecule is COc1cccn(CC(=O)N2CCCCCC2c2cccc(F)c2)c1=O. The lowest BCUT2D eigenvalue weighted by Crippen LogP contribution is -2.39. The highest BCUT2D eigenvalue weighted by Gasteiger charge is 2.27. The van der Waals surface area contributed by atoms with E-state index in [0.29, 0.717) is 6.54 Å². The zero-order valence-electron chi connectivity index (χ0n) is 14.9. The van der Waals surface area contributed by atoms with Crippen LogP contribution in [-0.2, 0) is 11.3 Å². The minimum absolute atomic E-state index is 0.0537. The van der Waals surface area contributed by atoms with E-state index in [4.69, 9.17) is 4.74 Å². The molecule has 2 aromatic rings. The molecule has 1 aliphatic heterocycles. The summed E-state index contributed by atoms with van der Waals surface area (Å²) in [5, 5.41) is 0. The van der Waals surface area contributed by atoms with E-state index in [-0.39, 0.29) is 35.6 Å². The number of benzene rings is 1. The first-order valence-electron chi connectivity index (χ1n) is 8.88. The van der Waals surface area contributed by atoms with Gasteiger partial charge in [0.15, 0.2) is 5.75 Å². The molecule has 0 bridgehead atoms. The Balaban J connectivity index is 1.86. The van der Waals surface area contributed by atoms with Crippen molar-refractivity contribution >= 4 is 5.91 Å². The number of aromatic nitrogens is 1. The summed E-state index contributed by atoms with van der Waals surface area (Å²) < 4.78 is 20.1. The molecule has 0 spiro atoms. The minimum Gasteiger partial charge on any atom is -0.491 e. The molecule has 2 heterocycles. The number of methoxy groups -OCH3 is 1. The normalized spacial score (nSPS) is 17.6. The Morgan fingerprint density at radius 1 is 1.23 bits per heavy atom. The third-order valence-electron chi connectivity index (χ3n) is 4.82. The number of rotatable bonds is 4. The lowest BCUT2D eigenvalue weighted by Gasteiger charge is -2.31. The van der Waals surface area contributed by atoms with Gasteiger partial charge in [-0.1, -0.05) is 25.0 Å². The molecule has 5 nitrogen and oxygen atoms in total. The average molecular weight is 358 g/mol. The Morgan fingerprint density at radius 2 is 2.08 bits per heavy atom. The number of nitrogens with zero attached hydrogens (tertiary/aromatic N) is 2. The number of pyridine rings is 1. The van der Waals surface area contributed by atoms with Crippen LogP contribution in [0.1, 0.15) is 37.3 Å². The summed E-state index contributed by atoms with van der Waals surface area (Å²) in [6.07, 6.45) is 5.31. The lowest BCUT2D eigenvalue weighted by molar-refractivity contribution is -0.134. The maximum Gasteiger partial charge on any atom is 0.293 e. The van der Waals surface area contributed by atoms with Gasteiger partial charge in [-0.05, 0) is 42.7 Å². The maximum absolute atomic E-state index is 13.7. The fourth-order valence-electron chi connectivity index (χ4n) is 3.50. The second kappa shape index (κ2) is 8.17. The Kier molecular flexibility index (Phi) is 5.71. The molecule has 0 aliphatic carbocycles. The van der Waals surface area contributed by atoms with Crippen LogP contribution in [-0.4, -0.2) is 29.0 Å². The molecule has 1 aromatic heterocycles. The molecular weight excluding hydrogens is 335 g/mol. The summed E-state index contributed by atoms with van der Waals surface area (Å²) in [6, 6.07) is 9.52. The predicted molar refractivity (Wildman–Crippen MR) is 96.6 cm³/mol. The van der Waals surface area contributed by atoms with Crippen LogP contribution in [0.3, 0.4) is 0 Å². The number of carbonyl (C=O) groups is 1. The van der Waals surface area contributed by atoms with Gasteiger partial charge < -0.3 is 14.2 Å². The van der Waals surface area contributed by atoms with E-state index in [2.05, 4.69) is 0 Å². The second-order valence-electron chi connectivity index (χ2n) is 6.52. The molecule has 0 saturated carbocycles. The monoisotopic (exact) mass is 358 g/mol. The standard InChI is InChI=1S/C20H23FN2O3/c1-26-18-10-6-11-22(20(18)25)14-19(24)23-12-4-2-3-9-17(23)15-7-5-8-16(21)13-15/h5-8,10-11,13,17H,2-4,9,12,14H2,1H3. The van der Waals surface area contributed by atoms with Gasteiger partial charge in [0.1, 0.15) is 12.4 Å². The number of carbonyl (C=O) groups excluding carboxylic acids is 1. The van der Waals surface area contributed by atoms with Crippen molar-refractivity contribution in [2.45, 2.75) is 38.3 Å². The van der Waals surface area contributed by atoms with E-state index in [1.54, 1.807) is 29.3 Å². The van der Waals surface area contributed by atoms with E-state index in [0.717, 1.165) is 31.2 Å². The third-order valence-corrected chi connectivity index (χ3v) is 4.82. The molecule has 0 radical (unpaired) electrons. The summed E-state index contributed by atoms with van der Waals surface area (Å²) >= 11 is 0. The Labute approximate surface area is 152 Å². The molecule has 6 heteroatoms. The minimum atomic E-state index is -0.333. The van der Waals surface area contributed by atoms with Crippen molar-refractivity contribution < 1.29 is 13.9 Å². The van der Waals surface area contributed by atoms with Crippen LogP contribution in [0.5, 0.6) is 5.75 Å². The second-order valence-corrected chi connectivity index (χ2v) is 6.52. The Bertz CT molecular complexity index is 834. The largest absolute Gasteiger partial charge is 0.491 e. The van der Waals surface area contributed by atoms with Crippen LogP contribution in [0, 0.1) is 5.82 Å². The van der Waals surface area contributed by atoms with E-state index >= 15 is 0 Å². The molecule has 26 heavy (non-hydrogen) atoms. The molecule has 1 aromatic carbocycles. The van der Waals surface area contributed by atoms with E-state index in [1.807, 2.05) is 6.07 Å². The van der Waals surface area contributed by atoms with Crippen molar-refractivity contribution in [2.24, 2.45) is 0 Å². The van der Waals surface area contributed by atoms with Gasteiger partial charge in [0.25, 0.3) is 5.56 Å². The van der Waals surface area contributed by atoms with Gasteiger partial charge >= 0.3 is 0 Å². The first-order chi connectivity index (χ1) is 12.6. The fraction of sp³-hybridized carbons (Fsp3) is 0.400. The topological polar surface area (TPSA) is 51.5 Å². The van der Waals surface area contributed by atoms with Gasteiger partial charge in [0.2, 0.25) is 5.91 Å². The smallest absolute Gasteiger partial charge is 0.293 e. The molecule has 1 amide bonds. The van der Waals surface area contributed by atoms with Gasteiger partial charge in [-0.25, -0.2) is 4.39 Å². The number of hydrogen-bond donors (Lipinski definition) is 0. The zero-order chi connectivity index (χ0) is 18.5. The highest BCUT2D eigenvalue weighted by Crippen LogP contribution is 2.30. The van der Waals surface area contributed by atoms with Crippen LogP contribution in [0.15, 0.2) is 47.4 Å². The fourth-order valence-corrected chi connectivity index (χ4v) is 3.50. The van der Waals surface area contributed by atoms with Crippen LogP contribution < -0.4 is 10.3 Å². The molecule has 3 rings (SSSR count). The summed E-state index contributed by atoms with van der Waals surface area (Å²) in [4.78, 5) is 27.1. The number of halogens is 1. The molecule has 1 unspecified atom stereocenters. The van der Waals surface area contributed by atoms with Crippen molar-refractivity contribution in [3.8, 4) is 5.75 Å². The zero-order valence-corrected chi connectivity index (χ0v) is 14.9. The quantitative estimate of drug-likeness (QED) is 0.844. The van der Waals surface area contributed by atoms with Crippen molar-refractivity contribution in [3.05, 3.63) is 64.3 Å². The molecule has 0 N–H and O–H groups in total. The van der Waals surface area contributed by atoms with Crippen LogP contribution in [0.25, 0.3) is 0 Å². The van der Waals surface area contributed by atoms with Crippen LogP contribution in [0.2, 0.25) is 0 Å². The number of hydrogen-bond acceptors (Lipinski definition) is 3. The summed E-state index contributed by atoms with van der Waals surface area (Å²) in [5.41, 5.74) is 0.471.